The molecule has 0 N–H and O–H groups in total. The summed E-state index contributed by atoms with van der Waals surface area (Å²) in [5, 5.41) is 0.572. The number of hydrogen-bond donors (Lipinski definition) is 0. The van der Waals surface area contributed by atoms with Crippen LogP contribution in [0.15, 0.2) is 29.5 Å². The van der Waals surface area contributed by atoms with Gasteiger partial charge in [-0.1, -0.05) is 0 Å². The molecule has 112 valence electrons. The third kappa shape index (κ3) is 2.82. The van der Waals surface area contributed by atoms with Crippen LogP contribution in [0, 0.1) is 5.82 Å². The second-order valence-electron chi connectivity index (χ2n) is 5.64. The summed E-state index contributed by atoms with van der Waals surface area (Å²) in [6.45, 7) is 4.64. The molecule has 0 radical (unpaired) electrons. The van der Waals surface area contributed by atoms with E-state index in [9.17, 15) is 9.18 Å². The number of aromatic nitrogens is 2. The lowest BCUT2D eigenvalue weighted by Gasteiger charge is -2.36. The minimum Gasteiger partial charge on any atom is -0.350 e. The Hall–Kier alpha value is -1.79. The van der Waals surface area contributed by atoms with Gasteiger partial charge in [0.25, 0.3) is 5.56 Å². The molecule has 5 nitrogen and oxygen atoms in total. The zero-order chi connectivity index (χ0) is 15.0. The van der Waals surface area contributed by atoms with E-state index in [0.717, 1.165) is 6.20 Å². The Kier molecular flexibility index (Phi) is 3.51. The maximum Gasteiger partial charge on any atom is 0.261 e. The average Bonchev–Trinajstić information content (AvgIpc) is 2.41. The molecule has 6 heteroatoms. The SMILES string of the molecule is CC1(C)OCC[C@@H](Cn2ccc3cncc(F)c3c2=O)O1. The highest BCUT2D eigenvalue weighted by atomic mass is 19.1. The van der Waals surface area contributed by atoms with Crippen LogP contribution in [-0.4, -0.2) is 28.0 Å². The van der Waals surface area contributed by atoms with Crippen LogP contribution < -0.4 is 5.56 Å². The molecular weight excluding hydrogens is 275 g/mol. The Balaban J connectivity index is 1.93. The van der Waals surface area contributed by atoms with E-state index in [2.05, 4.69) is 4.98 Å². The predicted molar refractivity (Wildman–Crippen MR) is 75.5 cm³/mol. The van der Waals surface area contributed by atoms with Crippen LogP contribution >= 0.6 is 0 Å². The number of hydrogen-bond acceptors (Lipinski definition) is 4. The van der Waals surface area contributed by atoms with Crippen LogP contribution in [0.4, 0.5) is 4.39 Å². The number of nitrogens with zero attached hydrogens (tertiary/aromatic N) is 2. The number of rotatable bonds is 2. The van der Waals surface area contributed by atoms with Crippen LogP contribution in [0.5, 0.6) is 0 Å². The zero-order valence-electron chi connectivity index (χ0n) is 12.0. The lowest BCUT2D eigenvalue weighted by atomic mass is 10.2. The van der Waals surface area contributed by atoms with Gasteiger partial charge < -0.3 is 14.0 Å². The van der Waals surface area contributed by atoms with Crippen molar-refractivity contribution >= 4 is 10.8 Å². The first-order valence-electron chi connectivity index (χ1n) is 6.91. The van der Waals surface area contributed by atoms with Crippen molar-refractivity contribution in [3.63, 3.8) is 0 Å². The molecule has 1 fully saturated rings. The van der Waals surface area contributed by atoms with E-state index < -0.39 is 11.6 Å². The molecule has 3 rings (SSSR count). The van der Waals surface area contributed by atoms with Gasteiger partial charge in [-0.25, -0.2) is 4.39 Å². The van der Waals surface area contributed by atoms with Crippen molar-refractivity contribution in [1.82, 2.24) is 9.55 Å². The first kappa shape index (κ1) is 14.2. The van der Waals surface area contributed by atoms with Crippen LogP contribution in [0.25, 0.3) is 10.8 Å². The Morgan fingerprint density at radius 2 is 2.29 bits per heavy atom. The third-order valence-corrected chi connectivity index (χ3v) is 3.58. The van der Waals surface area contributed by atoms with Crippen molar-refractivity contribution in [3.05, 3.63) is 40.8 Å². The maximum atomic E-state index is 13.8. The predicted octanol–water partition coefficient (Wildman–Crippen LogP) is 2.08. The van der Waals surface area contributed by atoms with Gasteiger partial charge in [-0.05, 0) is 26.3 Å². The van der Waals surface area contributed by atoms with Crippen LogP contribution in [0.3, 0.4) is 0 Å². The summed E-state index contributed by atoms with van der Waals surface area (Å²) < 4.78 is 26.5. The fourth-order valence-corrected chi connectivity index (χ4v) is 2.61. The fraction of sp³-hybridized carbons (Fsp3) is 0.467. The third-order valence-electron chi connectivity index (χ3n) is 3.58. The zero-order valence-corrected chi connectivity index (χ0v) is 12.0. The van der Waals surface area contributed by atoms with Crippen molar-refractivity contribution < 1.29 is 13.9 Å². The van der Waals surface area contributed by atoms with E-state index in [1.165, 1.54) is 10.8 Å². The van der Waals surface area contributed by atoms with Crippen LogP contribution in [0.2, 0.25) is 0 Å². The summed E-state index contributed by atoms with van der Waals surface area (Å²) in [7, 11) is 0. The van der Waals surface area contributed by atoms with Crippen molar-refractivity contribution in [3.8, 4) is 0 Å². The standard InChI is InChI=1S/C15H17FN2O3/c1-15(2)20-6-4-11(21-15)9-18-5-3-10-7-17-8-12(16)13(10)14(18)19/h3,5,7-8,11H,4,6,9H2,1-2H3/t11-/m0/s1. The fourth-order valence-electron chi connectivity index (χ4n) is 2.61. The Morgan fingerprint density at radius 3 is 3.05 bits per heavy atom. The van der Waals surface area contributed by atoms with Gasteiger partial charge in [-0.3, -0.25) is 9.78 Å². The van der Waals surface area contributed by atoms with E-state index in [-0.39, 0.29) is 17.0 Å². The van der Waals surface area contributed by atoms with Gasteiger partial charge in [-0.2, -0.15) is 0 Å². The smallest absolute Gasteiger partial charge is 0.261 e. The second-order valence-corrected chi connectivity index (χ2v) is 5.64. The molecule has 0 aliphatic carbocycles. The summed E-state index contributed by atoms with van der Waals surface area (Å²) in [6, 6.07) is 1.69. The first-order valence-corrected chi connectivity index (χ1v) is 6.91. The van der Waals surface area contributed by atoms with Gasteiger partial charge in [0.05, 0.1) is 30.8 Å². The van der Waals surface area contributed by atoms with Gasteiger partial charge in [0.15, 0.2) is 11.6 Å². The molecule has 1 saturated heterocycles. The molecule has 0 bridgehead atoms. The number of ether oxygens (including phenoxy) is 2. The number of halogens is 1. The summed E-state index contributed by atoms with van der Waals surface area (Å²) in [5.74, 6) is -1.25. The van der Waals surface area contributed by atoms with Crippen molar-refractivity contribution in [1.29, 1.82) is 0 Å². The van der Waals surface area contributed by atoms with Crippen molar-refractivity contribution in [2.24, 2.45) is 0 Å². The number of pyridine rings is 2. The van der Waals surface area contributed by atoms with E-state index in [1.807, 2.05) is 13.8 Å². The Labute approximate surface area is 121 Å². The molecule has 2 aromatic heterocycles. The van der Waals surface area contributed by atoms with E-state index in [0.29, 0.717) is 25.0 Å². The van der Waals surface area contributed by atoms with Gasteiger partial charge in [0.1, 0.15) is 0 Å². The summed E-state index contributed by atoms with van der Waals surface area (Å²) in [4.78, 5) is 16.1. The summed E-state index contributed by atoms with van der Waals surface area (Å²) in [5.41, 5.74) is -0.361. The molecule has 0 amide bonds. The largest absolute Gasteiger partial charge is 0.350 e. The number of fused-ring (bicyclic) bond motifs is 1. The summed E-state index contributed by atoms with van der Waals surface area (Å²) >= 11 is 0. The second kappa shape index (κ2) is 5.20. The molecule has 1 aliphatic rings. The lowest BCUT2D eigenvalue weighted by Crippen LogP contribution is -2.42. The normalized spacial score (nSPS) is 21.6. The molecular formula is C15H17FN2O3. The van der Waals surface area contributed by atoms with E-state index >= 15 is 0 Å². The molecule has 0 spiro atoms. The molecule has 21 heavy (non-hydrogen) atoms. The van der Waals surface area contributed by atoms with Crippen molar-refractivity contribution in [2.75, 3.05) is 6.61 Å². The minimum absolute atomic E-state index is 0.0684. The van der Waals surface area contributed by atoms with Gasteiger partial charge in [0.2, 0.25) is 0 Å². The minimum atomic E-state index is -0.654. The highest BCUT2D eigenvalue weighted by Crippen LogP contribution is 2.23. The maximum absolute atomic E-state index is 13.8. The highest BCUT2D eigenvalue weighted by Gasteiger charge is 2.29. The summed E-state index contributed by atoms with van der Waals surface area (Å²) in [6.07, 6.45) is 4.76. The molecule has 1 atom stereocenters. The van der Waals surface area contributed by atoms with Gasteiger partial charge in [0, 0.05) is 17.8 Å². The topological polar surface area (TPSA) is 53.4 Å². The first-order chi connectivity index (χ1) is 9.96. The molecule has 0 saturated carbocycles. The van der Waals surface area contributed by atoms with Gasteiger partial charge >= 0.3 is 0 Å². The van der Waals surface area contributed by atoms with E-state index in [4.69, 9.17) is 9.47 Å². The molecule has 1 aliphatic heterocycles. The quantitative estimate of drug-likeness (QED) is 0.850. The highest BCUT2D eigenvalue weighted by molar-refractivity contribution is 5.80. The molecule has 2 aromatic rings. The Bertz CT molecular complexity index is 726. The van der Waals surface area contributed by atoms with Gasteiger partial charge in [-0.15, -0.1) is 0 Å². The monoisotopic (exact) mass is 292 g/mol. The Morgan fingerprint density at radius 1 is 1.48 bits per heavy atom. The molecule has 3 heterocycles. The lowest BCUT2D eigenvalue weighted by molar-refractivity contribution is -0.275. The average molecular weight is 292 g/mol. The van der Waals surface area contributed by atoms with Crippen LogP contribution in [0.1, 0.15) is 20.3 Å². The molecule has 0 aromatic carbocycles. The molecule has 0 unspecified atom stereocenters. The van der Waals surface area contributed by atoms with Crippen LogP contribution in [-0.2, 0) is 16.0 Å². The van der Waals surface area contributed by atoms with Crippen molar-refractivity contribution in [2.45, 2.75) is 38.7 Å². The van der Waals surface area contributed by atoms with E-state index in [1.54, 1.807) is 12.3 Å².